The zero-order valence-corrected chi connectivity index (χ0v) is 16.3. The van der Waals surface area contributed by atoms with Gasteiger partial charge in [0.15, 0.2) is 0 Å². The minimum atomic E-state index is -1.27. The molecule has 1 heteroatoms. The lowest BCUT2D eigenvalue weighted by molar-refractivity contribution is 0.970. The zero-order chi connectivity index (χ0) is 16.5. The molecule has 0 aromatic heterocycles. The minimum Gasteiger partial charge on any atom is -0.0878 e. The van der Waals surface area contributed by atoms with E-state index in [1.165, 1.54) is 0 Å². The highest BCUT2D eigenvalue weighted by Gasteiger charge is 2.53. The van der Waals surface area contributed by atoms with E-state index in [1.807, 2.05) is 0 Å². The predicted molar refractivity (Wildman–Crippen MR) is 104 cm³/mol. The lowest BCUT2D eigenvalue weighted by Gasteiger charge is -2.42. The largest absolute Gasteiger partial charge is 0.0878 e. The van der Waals surface area contributed by atoms with Crippen molar-refractivity contribution in [1.29, 1.82) is 0 Å². The van der Waals surface area contributed by atoms with Gasteiger partial charge in [-0.3, -0.25) is 0 Å². The van der Waals surface area contributed by atoms with E-state index in [0.717, 1.165) is 0 Å². The molecule has 0 aliphatic heterocycles. The van der Waals surface area contributed by atoms with E-state index in [4.69, 9.17) is 0 Å². The topological polar surface area (TPSA) is 0 Å². The summed E-state index contributed by atoms with van der Waals surface area (Å²) in [6.07, 6.45) is 18.6. The van der Waals surface area contributed by atoms with Crippen molar-refractivity contribution in [2.24, 2.45) is 0 Å². The first-order valence-corrected chi connectivity index (χ1v) is 10.4. The van der Waals surface area contributed by atoms with Crippen LogP contribution < -0.4 is 0 Å². The third-order valence-electron chi connectivity index (χ3n) is 4.71. The van der Waals surface area contributed by atoms with Gasteiger partial charge < -0.3 is 0 Å². The molecule has 0 bridgehead atoms. The summed E-state index contributed by atoms with van der Waals surface area (Å²) in [7, 11) is -1.27. The summed E-state index contributed by atoms with van der Waals surface area (Å²) in [6, 6.07) is 0. The van der Waals surface area contributed by atoms with Crippen LogP contribution in [0.15, 0.2) is 48.6 Å². The molecule has 0 aliphatic rings. The van der Waals surface area contributed by atoms with E-state index < -0.39 is 7.26 Å². The van der Waals surface area contributed by atoms with Gasteiger partial charge in [-0.1, -0.05) is 24.3 Å². The number of rotatable bonds is 8. The van der Waals surface area contributed by atoms with Crippen LogP contribution in [0, 0.1) is 0 Å². The van der Waals surface area contributed by atoms with Crippen LogP contribution in [0.3, 0.4) is 0 Å². The second kappa shape index (κ2) is 10.2. The van der Waals surface area contributed by atoms with Gasteiger partial charge in [0.05, 0.1) is 22.6 Å². The van der Waals surface area contributed by atoms with Gasteiger partial charge in [-0.05, 0) is 79.7 Å². The molecule has 0 aliphatic carbocycles. The molecule has 0 amide bonds. The van der Waals surface area contributed by atoms with Gasteiger partial charge in [0.1, 0.15) is 0 Å². The van der Waals surface area contributed by atoms with Gasteiger partial charge in [-0.25, -0.2) is 0 Å². The Morgan fingerprint density at radius 3 is 0.810 bits per heavy atom. The maximum absolute atomic E-state index is 2.42. The van der Waals surface area contributed by atoms with Crippen LogP contribution in [0.5, 0.6) is 0 Å². The third-order valence-corrected chi connectivity index (χ3v) is 11.0. The summed E-state index contributed by atoms with van der Waals surface area (Å²) in [5, 5.41) is 0. The van der Waals surface area contributed by atoms with Crippen molar-refractivity contribution in [3.05, 3.63) is 48.6 Å². The third kappa shape index (κ3) is 4.68. The SMILES string of the molecule is C/C=C/C(C)[P+](C(C)/C=C/C)(C(C)/C=C/C)C(C)/C=C/C. The Kier molecular flexibility index (Phi) is 9.88. The summed E-state index contributed by atoms with van der Waals surface area (Å²) in [4.78, 5) is 0. The lowest BCUT2D eigenvalue weighted by atomic mass is 10.4. The summed E-state index contributed by atoms with van der Waals surface area (Å²) in [5.41, 5.74) is 2.52. The first-order valence-electron chi connectivity index (χ1n) is 8.32. The first kappa shape index (κ1) is 20.4. The smallest absolute Gasteiger partial charge is 0.0865 e. The lowest BCUT2D eigenvalue weighted by Crippen LogP contribution is -2.32. The van der Waals surface area contributed by atoms with Crippen LogP contribution in [0.25, 0.3) is 0 Å². The van der Waals surface area contributed by atoms with E-state index >= 15 is 0 Å². The molecule has 21 heavy (non-hydrogen) atoms. The maximum atomic E-state index is 2.42. The minimum absolute atomic E-state index is 0.631. The Balaban J connectivity index is 6.16. The Morgan fingerprint density at radius 1 is 0.476 bits per heavy atom. The van der Waals surface area contributed by atoms with Gasteiger partial charge in [0.2, 0.25) is 0 Å². The van der Waals surface area contributed by atoms with Crippen molar-refractivity contribution in [2.45, 2.75) is 78.0 Å². The van der Waals surface area contributed by atoms with Crippen molar-refractivity contribution < 1.29 is 0 Å². The molecule has 0 saturated carbocycles. The van der Waals surface area contributed by atoms with Crippen molar-refractivity contribution in [2.75, 3.05) is 0 Å². The molecule has 0 spiro atoms. The number of hydrogen-bond acceptors (Lipinski definition) is 0. The van der Waals surface area contributed by atoms with Crippen LogP contribution in [0.1, 0.15) is 55.4 Å². The van der Waals surface area contributed by atoms with E-state index in [-0.39, 0.29) is 0 Å². The quantitative estimate of drug-likeness (QED) is 0.339. The molecule has 0 fully saturated rings. The average Bonchev–Trinajstić information content (AvgIpc) is 2.40. The standard InChI is InChI=1S/C20H36P/c1-9-13-17(5)21(18(6)14-10-2,19(7)15-11-3)20(8)16-12-4/h9-20H,1-8H3/q+1/b13-9+,14-10+,15-11+,16-12+. The van der Waals surface area contributed by atoms with Gasteiger partial charge in [0.25, 0.3) is 0 Å². The van der Waals surface area contributed by atoms with E-state index in [0.29, 0.717) is 22.6 Å². The monoisotopic (exact) mass is 307 g/mol. The Hall–Kier alpha value is -0.610. The molecular weight excluding hydrogens is 271 g/mol. The Bertz CT molecular complexity index is 309. The van der Waals surface area contributed by atoms with E-state index in [1.54, 1.807) is 0 Å². The molecule has 120 valence electrons. The average molecular weight is 307 g/mol. The predicted octanol–water partition coefficient (Wildman–Crippen LogP) is 6.86. The molecule has 4 unspecified atom stereocenters. The molecule has 0 aromatic carbocycles. The molecular formula is C20H36P+. The fraction of sp³-hybridized carbons (Fsp3) is 0.600. The van der Waals surface area contributed by atoms with Crippen LogP contribution in [0.2, 0.25) is 0 Å². The van der Waals surface area contributed by atoms with Crippen LogP contribution in [-0.4, -0.2) is 22.6 Å². The Morgan fingerprint density at radius 2 is 0.667 bits per heavy atom. The number of allylic oxidation sites excluding steroid dienone is 8. The highest BCUT2D eigenvalue weighted by Crippen LogP contribution is 2.74. The second-order valence-corrected chi connectivity index (χ2v) is 11.0. The van der Waals surface area contributed by atoms with Gasteiger partial charge in [0, 0.05) is 7.26 Å². The normalized spacial score (nSPS) is 22.1. The van der Waals surface area contributed by atoms with Gasteiger partial charge in [-0.2, -0.15) is 0 Å². The fourth-order valence-corrected chi connectivity index (χ4v) is 10.3. The van der Waals surface area contributed by atoms with Crippen molar-refractivity contribution in [3.63, 3.8) is 0 Å². The summed E-state index contributed by atoms with van der Waals surface area (Å²) >= 11 is 0. The molecule has 0 saturated heterocycles. The zero-order valence-electron chi connectivity index (χ0n) is 15.4. The van der Waals surface area contributed by atoms with Crippen LogP contribution >= 0.6 is 7.26 Å². The van der Waals surface area contributed by atoms with Crippen LogP contribution in [-0.2, 0) is 0 Å². The first-order chi connectivity index (χ1) is 9.93. The molecule has 0 radical (unpaired) electrons. The van der Waals surface area contributed by atoms with Crippen molar-refractivity contribution >= 4 is 7.26 Å². The van der Waals surface area contributed by atoms with Crippen molar-refractivity contribution in [3.8, 4) is 0 Å². The van der Waals surface area contributed by atoms with E-state index in [9.17, 15) is 0 Å². The van der Waals surface area contributed by atoms with Gasteiger partial charge in [-0.15, -0.1) is 0 Å². The number of hydrogen-bond donors (Lipinski definition) is 0. The van der Waals surface area contributed by atoms with Crippen molar-refractivity contribution in [1.82, 2.24) is 0 Å². The fourth-order valence-electron chi connectivity index (χ4n) is 3.94. The Labute approximate surface area is 134 Å². The molecule has 0 nitrogen and oxygen atoms in total. The van der Waals surface area contributed by atoms with E-state index in [2.05, 4.69) is 104 Å². The second-order valence-electron chi connectivity index (χ2n) is 5.96. The maximum Gasteiger partial charge on any atom is 0.0865 e. The highest BCUT2D eigenvalue weighted by molar-refractivity contribution is 7.79. The summed E-state index contributed by atoms with van der Waals surface area (Å²) in [6.45, 7) is 18.3. The van der Waals surface area contributed by atoms with Crippen LogP contribution in [0.4, 0.5) is 0 Å². The molecule has 0 heterocycles. The molecule has 0 aromatic rings. The molecule has 4 atom stereocenters. The summed E-state index contributed by atoms with van der Waals surface area (Å²) in [5.74, 6) is 0. The highest BCUT2D eigenvalue weighted by atomic mass is 31.2. The summed E-state index contributed by atoms with van der Waals surface area (Å²) < 4.78 is 0. The molecule has 0 N–H and O–H groups in total. The van der Waals surface area contributed by atoms with Gasteiger partial charge >= 0.3 is 0 Å². The molecule has 0 rings (SSSR count).